The second kappa shape index (κ2) is 37.9. The normalized spacial score (nSPS) is 31.4. The Morgan fingerprint density at radius 3 is 1.76 bits per heavy atom. The number of carbonyl (C=O) groups excluding carboxylic acids is 12. The van der Waals surface area contributed by atoms with Gasteiger partial charge in [0.05, 0.1) is 31.5 Å². The largest absolute Gasteiger partial charge is 0.397 e. The van der Waals surface area contributed by atoms with Gasteiger partial charge in [-0.05, 0) is 125 Å². The molecule has 5 fully saturated rings. The Morgan fingerprint density at radius 2 is 1.23 bits per heavy atom. The lowest BCUT2D eigenvalue weighted by atomic mass is 9.58. The number of hydrogen-bond donors (Lipinski definition) is 3. The van der Waals surface area contributed by atoms with Crippen molar-refractivity contribution in [1.82, 2.24) is 60.0 Å². The number of carbonyl (C=O) groups is 12. The van der Waals surface area contributed by atoms with Crippen molar-refractivity contribution in [2.75, 3.05) is 89.2 Å². The Kier molecular flexibility index (Phi) is 31.5. The molecule has 3 heterocycles. The van der Waals surface area contributed by atoms with Crippen LogP contribution in [-0.2, 0) is 62.3 Å². The van der Waals surface area contributed by atoms with Crippen LogP contribution in [0.25, 0.3) is 0 Å². The molecule has 12 atom stereocenters. The van der Waals surface area contributed by atoms with Gasteiger partial charge in [-0.1, -0.05) is 86.8 Å². The topological polar surface area (TPSA) is 279 Å². The van der Waals surface area contributed by atoms with Gasteiger partial charge in [0.1, 0.15) is 72.1 Å². The first-order valence-corrected chi connectivity index (χ1v) is 38.7. The summed E-state index contributed by atoms with van der Waals surface area (Å²) in [5.41, 5.74) is -2.40. The van der Waals surface area contributed by atoms with Gasteiger partial charge in [0.15, 0.2) is 0 Å². The van der Waals surface area contributed by atoms with E-state index in [-0.39, 0.29) is 90.3 Å². The van der Waals surface area contributed by atoms with E-state index in [1.165, 1.54) is 71.1 Å². The highest BCUT2D eigenvalue weighted by atomic mass is 19.4. The molecular weight excluding hydrogens is 1440 g/mol. The number of nitrogens with one attached hydrogen (secondary N) is 3. The van der Waals surface area contributed by atoms with Crippen LogP contribution >= 0.6 is 0 Å². The maximum Gasteiger partial charge on any atom is 0.397 e. The van der Waals surface area contributed by atoms with Crippen LogP contribution < -0.4 is 16.0 Å². The van der Waals surface area contributed by atoms with Gasteiger partial charge < -0.3 is 64.8 Å². The van der Waals surface area contributed by atoms with Gasteiger partial charge in [0, 0.05) is 82.5 Å². The maximum atomic E-state index is 15.7. The summed E-state index contributed by atoms with van der Waals surface area (Å²) in [4.78, 5) is 192. The summed E-state index contributed by atoms with van der Waals surface area (Å²) in [5.74, 6) is -17.9. The molecule has 2 saturated heterocycles. The van der Waals surface area contributed by atoms with E-state index in [0.29, 0.717) is 19.3 Å². The maximum absolute atomic E-state index is 15.7. The van der Waals surface area contributed by atoms with Crippen molar-refractivity contribution in [1.29, 1.82) is 0 Å². The zero-order valence-corrected chi connectivity index (χ0v) is 66.7. The molecule has 6 aliphatic rings. The van der Waals surface area contributed by atoms with Crippen molar-refractivity contribution >= 4 is 70.9 Å². The summed E-state index contributed by atoms with van der Waals surface area (Å²) in [5, 5.41) is 8.42. The number of fused-ring (bicyclic) bond motifs is 3. The number of ether oxygens (including phenoxy) is 1. The third kappa shape index (κ3) is 21.9. The fourth-order valence-electron chi connectivity index (χ4n) is 17.4. The first kappa shape index (κ1) is 90.7. The van der Waals surface area contributed by atoms with Crippen molar-refractivity contribution in [2.24, 2.45) is 46.8 Å². The van der Waals surface area contributed by atoms with Crippen LogP contribution in [0.2, 0.25) is 0 Å². The number of hydrogen-bond acceptors (Lipinski definition) is 13. The van der Waals surface area contributed by atoms with E-state index in [1.807, 2.05) is 13.8 Å². The standard InChI is InChI=1S/C76H120F8N12O13/c1-18-44(7)61-70(106)90(13)40-59(99)91(14)53-25-23-22-24-32-95(69(53)105)56(35-45-26-29-48(30-27-45)75(79,80)81)68(104)89(12)39-57(97)85-52(31-28-46-33-50(77)60(51(78)34-46)76(82,83)84)66(102)96-38-49(109-21-4)36-54(96)64(100)87-74(41-73(8,9)42-74)72(108)94(17)63(47(19-2)20-3)71(107)92(15)55(67(103)88(10)11)37-58(98)93(16)62(43(5)6)65(101)86-61/h22-23,43-56,60-63H,18-21,24-42H2,1-17H3,(H,85,97)(H,86,101)(H,87,100)/b23-22-/t44-,45?,46?,48?,49+,50?,51?,52-,53-,54-,55-,56-,60?,61-,62-,63-/m0/s1. The van der Waals surface area contributed by atoms with Crippen LogP contribution in [0.1, 0.15) is 178 Å². The molecule has 0 aromatic rings. The monoisotopic (exact) mass is 1560 g/mol. The van der Waals surface area contributed by atoms with E-state index >= 15 is 37.5 Å². The minimum absolute atomic E-state index is 0.00673. The molecule has 33 heteroatoms. The molecule has 0 radical (unpaired) electrons. The summed E-state index contributed by atoms with van der Waals surface area (Å²) in [7, 11) is 10.7. The zero-order chi connectivity index (χ0) is 82.0. The molecule has 3 N–H and O–H groups in total. The summed E-state index contributed by atoms with van der Waals surface area (Å²) in [6.45, 7) is 13.8. The Labute approximate surface area is 636 Å². The van der Waals surface area contributed by atoms with Crippen molar-refractivity contribution < 1.29 is 97.4 Å². The van der Waals surface area contributed by atoms with Crippen LogP contribution in [0.15, 0.2) is 12.2 Å². The quantitative estimate of drug-likeness (QED) is 0.119. The van der Waals surface area contributed by atoms with E-state index in [1.54, 1.807) is 60.6 Å². The molecule has 109 heavy (non-hydrogen) atoms. The fraction of sp³-hybridized carbons (Fsp3) is 0.816. The van der Waals surface area contributed by atoms with Crippen molar-refractivity contribution in [3.8, 4) is 0 Å². The molecular formula is C76H120F8N12O13. The first-order chi connectivity index (χ1) is 50.7. The lowest BCUT2D eigenvalue weighted by Gasteiger charge is -2.54. The van der Waals surface area contributed by atoms with E-state index in [2.05, 4.69) is 16.0 Å². The van der Waals surface area contributed by atoms with Crippen LogP contribution in [0.3, 0.4) is 0 Å². The number of amides is 12. The zero-order valence-electron chi connectivity index (χ0n) is 66.7. The highest BCUT2D eigenvalue weighted by Crippen LogP contribution is 2.50. The van der Waals surface area contributed by atoms with Crippen LogP contribution in [0.5, 0.6) is 0 Å². The highest BCUT2D eigenvalue weighted by molar-refractivity contribution is 6.01. The van der Waals surface area contributed by atoms with Gasteiger partial charge in [-0.15, -0.1) is 0 Å². The smallest absolute Gasteiger partial charge is 0.377 e. The van der Waals surface area contributed by atoms with Gasteiger partial charge in [-0.3, -0.25) is 57.5 Å². The molecule has 618 valence electrons. The molecule has 25 nitrogen and oxygen atoms in total. The lowest BCUT2D eigenvalue weighted by Crippen LogP contribution is -2.71. The Balaban J connectivity index is 1.51. The average molecular weight is 1560 g/mol. The fourth-order valence-corrected chi connectivity index (χ4v) is 17.4. The minimum atomic E-state index is -5.22. The number of alkyl halides is 8. The predicted octanol–water partition coefficient (Wildman–Crippen LogP) is 6.84. The first-order valence-electron chi connectivity index (χ1n) is 38.7. The molecule has 12 amide bonds. The Hall–Kier alpha value is -7.22. The predicted molar refractivity (Wildman–Crippen MR) is 388 cm³/mol. The Morgan fingerprint density at radius 1 is 0.633 bits per heavy atom. The summed E-state index contributed by atoms with van der Waals surface area (Å²) in [6.07, 6.45) is -15.7. The van der Waals surface area contributed by atoms with Gasteiger partial charge in [-0.2, -0.15) is 26.3 Å². The van der Waals surface area contributed by atoms with E-state index < -0.39 is 241 Å². The van der Waals surface area contributed by atoms with Crippen molar-refractivity contribution in [2.45, 2.75) is 263 Å². The molecule has 0 aromatic heterocycles. The van der Waals surface area contributed by atoms with Gasteiger partial charge >= 0.3 is 12.4 Å². The van der Waals surface area contributed by atoms with Crippen molar-refractivity contribution in [3.63, 3.8) is 0 Å². The third-order valence-electron chi connectivity index (χ3n) is 23.8. The second-order valence-corrected chi connectivity index (χ2v) is 32.9. The van der Waals surface area contributed by atoms with Crippen LogP contribution in [0.4, 0.5) is 35.1 Å². The molecule has 2 unspecified atom stereocenters. The van der Waals surface area contributed by atoms with E-state index in [4.69, 9.17) is 4.74 Å². The van der Waals surface area contributed by atoms with Gasteiger partial charge in [0.2, 0.25) is 70.9 Å². The minimum Gasteiger partial charge on any atom is -0.377 e. The van der Waals surface area contributed by atoms with Crippen LogP contribution in [-0.4, -0.2) is 289 Å². The Bertz CT molecular complexity index is 3260. The number of likely N-dealkylation sites (N-methyl/N-ethyl adjacent to an activating group) is 7. The summed E-state index contributed by atoms with van der Waals surface area (Å²) >= 11 is 0. The summed E-state index contributed by atoms with van der Waals surface area (Å²) < 4.78 is 121. The third-order valence-corrected chi connectivity index (χ3v) is 23.8. The molecule has 3 aliphatic heterocycles. The number of rotatable bonds is 14. The van der Waals surface area contributed by atoms with Gasteiger partial charge in [0.25, 0.3) is 0 Å². The SMILES string of the molecule is CCO[C@@H]1C[C@H]2C(=O)NC3(CC(C)(C)C3)C(=O)N(C)[C@@H](C(CC)CC)C(=O)N(C)[C@H](C(=O)N(C)C)CC(=O)N(C)[C@@H](C(C)C)C(=O)N[C@@H]([C@@H](C)CC)C(=O)N(C)CC(=O)N(C)[C@H]3C/C=C\CCN(C3=O)[C@@H](CC3CCC(C(F)(F)F)CC3)C(=O)N(C)CC(=O)N[C@@H](CCC3CC(F)C(C(F)(F)F)C(F)C3)C(=O)N2C1. The number of halogens is 8. The molecule has 2 bridgehead atoms. The molecule has 0 aromatic carbocycles. The molecule has 6 rings (SSSR count). The van der Waals surface area contributed by atoms with Gasteiger partial charge in [-0.25, -0.2) is 8.78 Å². The molecule has 3 aliphatic carbocycles. The van der Waals surface area contributed by atoms with Crippen molar-refractivity contribution in [3.05, 3.63) is 12.2 Å². The van der Waals surface area contributed by atoms with E-state index in [9.17, 15) is 55.1 Å². The van der Waals surface area contributed by atoms with E-state index in [0.717, 1.165) is 29.4 Å². The summed E-state index contributed by atoms with van der Waals surface area (Å²) in [6, 6.07) is -11.6. The molecule has 3 saturated carbocycles. The molecule has 1 spiro atoms. The average Bonchev–Trinajstić information content (AvgIpc) is 0.762. The lowest BCUT2D eigenvalue weighted by molar-refractivity contribution is -0.219. The number of nitrogens with zero attached hydrogens (tertiary/aromatic N) is 9. The highest BCUT2D eigenvalue weighted by Gasteiger charge is 2.60. The second-order valence-electron chi connectivity index (χ2n) is 32.9. The van der Waals surface area contributed by atoms with Crippen LogP contribution in [0, 0.1) is 46.8 Å².